The van der Waals surface area contributed by atoms with E-state index in [1.165, 1.54) is 4.70 Å². The number of thiazole rings is 1. The fraction of sp³-hybridized carbons (Fsp3) is 0.500. The lowest BCUT2D eigenvalue weighted by Gasteiger charge is -2.16. The van der Waals surface area contributed by atoms with E-state index < -0.39 is 0 Å². The minimum absolute atomic E-state index is 0.196. The largest absolute Gasteiger partial charge is 0.450 e. The molecule has 0 saturated carbocycles. The molecule has 22 heavy (non-hydrogen) atoms. The van der Waals surface area contributed by atoms with Crippen LogP contribution in [0.1, 0.15) is 18.4 Å². The molecule has 1 atom stereocenters. The first kappa shape index (κ1) is 15.2. The lowest BCUT2D eigenvalue weighted by Crippen LogP contribution is -2.36. The summed E-state index contributed by atoms with van der Waals surface area (Å²) >= 11 is 1.76. The van der Waals surface area contributed by atoms with Crippen molar-refractivity contribution in [1.29, 1.82) is 0 Å². The van der Waals surface area contributed by atoms with Gasteiger partial charge in [0.2, 0.25) is 0 Å². The van der Waals surface area contributed by atoms with E-state index >= 15 is 0 Å². The van der Waals surface area contributed by atoms with Gasteiger partial charge in [0.15, 0.2) is 0 Å². The summed E-state index contributed by atoms with van der Waals surface area (Å²) in [7, 11) is 0. The fourth-order valence-electron chi connectivity index (χ4n) is 2.72. The number of nitrogens with zero attached hydrogens (tertiary/aromatic N) is 2. The van der Waals surface area contributed by atoms with Crippen LogP contribution < -0.4 is 5.32 Å². The molecule has 1 aromatic heterocycles. The molecular formula is C16H21N3O2S. The molecular weight excluding hydrogens is 298 g/mol. The number of para-hydroxylation sites is 1. The van der Waals surface area contributed by atoms with Crippen LogP contribution in [0.5, 0.6) is 0 Å². The number of likely N-dealkylation sites (tertiary alicyclic amines) is 1. The van der Waals surface area contributed by atoms with E-state index in [1.807, 2.05) is 19.1 Å². The van der Waals surface area contributed by atoms with Gasteiger partial charge in [-0.3, -0.25) is 0 Å². The number of ether oxygens (including phenoxy) is 1. The average molecular weight is 319 g/mol. The summed E-state index contributed by atoms with van der Waals surface area (Å²) in [5, 5.41) is 4.68. The summed E-state index contributed by atoms with van der Waals surface area (Å²) in [4.78, 5) is 18.1. The average Bonchev–Trinajstić information content (AvgIpc) is 3.13. The number of hydrogen-bond donors (Lipinski definition) is 1. The molecule has 2 heterocycles. The van der Waals surface area contributed by atoms with Gasteiger partial charge in [-0.25, -0.2) is 9.78 Å². The Hall–Kier alpha value is -1.66. The molecule has 1 amide bonds. The zero-order valence-corrected chi connectivity index (χ0v) is 13.6. The summed E-state index contributed by atoms with van der Waals surface area (Å²) in [5.74, 6) is 0. The van der Waals surface area contributed by atoms with Gasteiger partial charge in [0.25, 0.3) is 0 Å². The quantitative estimate of drug-likeness (QED) is 0.920. The van der Waals surface area contributed by atoms with Gasteiger partial charge in [0.05, 0.1) is 21.8 Å². The maximum absolute atomic E-state index is 11.7. The van der Waals surface area contributed by atoms with Crippen LogP contribution in [0.15, 0.2) is 24.3 Å². The van der Waals surface area contributed by atoms with Gasteiger partial charge in [-0.15, -0.1) is 11.3 Å². The topological polar surface area (TPSA) is 54.5 Å². The molecule has 1 aromatic carbocycles. The van der Waals surface area contributed by atoms with Gasteiger partial charge in [0, 0.05) is 32.1 Å². The lowest BCUT2D eigenvalue weighted by molar-refractivity contribution is 0.115. The smallest absolute Gasteiger partial charge is 0.409 e. The predicted molar refractivity (Wildman–Crippen MR) is 88.3 cm³/mol. The summed E-state index contributed by atoms with van der Waals surface area (Å²) in [6.07, 6.45) is 1.71. The van der Waals surface area contributed by atoms with Crippen LogP contribution in [-0.2, 0) is 11.2 Å². The molecule has 0 bridgehead atoms. The molecule has 3 rings (SSSR count). The second kappa shape index (κ2) is 7.07. The molecule has 0 radical (unpaired) electrons. The molecule has 1 aliphatic rings. The molecule has 1 unspecified atom stereocenters. The van der Waals surface area contributed by atoms with E-state index in [9.17, 15) is 4.79 Å². The third kappa shape index (κ3) is 3.56. The highest BCUT2D eigenvalue weighted by molar-refractivity contribution is 7.18. The number of amides is 1. The van der Waals surface area contributed by atoms with Gasteiger partial charge in [-0.05, 0) is 25.5 Å². The molecule has 0 aliphatic carbocycles. The maximum Gasteiger partial charge on any atom is 0.409 e. The minimum Gasteiger partial charge on any atom is -0.450 e. The number of rotatable bonds is 5. The predicted octanol–water partition coefficient (Wildman–Crippen LogP) is 2.66. The van der Waals surface area contributed by atoms with Crippen molar-refractivity contribution < 1.29 is 9.53 Å². The molecule has 5 nitrogen and oxygen atoms in total. The highest BCUT2D eigenvalue weighted by Gasteiger charge is 2.26. The number of aromatic nitrogens is 1. The summed E-state index contributed by atoms with van der Waals surface area (Å²) in [5.41, 5.74) is 1.08. The zero-order chi connectivity index (χ0) is 15.4. The number of hydrogen-bond acceptors (Lipinski definition) is 5. The first-order valence-electron chi connectivity index (χ1n) is 7.76. The van der Waals surface area contributed by atoms with Gasteiger partial charge >= 0.3 is 6.09 Å². The van der Waals surface area contributed by atoms with Crippen molar-refractivity contribution in [2.24, 2.45) is 0 Å². The maximum atomic E-state index is 11.7. The van der Waals surface area contributed by atoms with Crippen molar-refractivity contribution in [2.75, 3.05) is 26.2 Å². The van der Waals surface area contributed by atoms with Crippen LogP contribution in [0.3, 0.4) is 0 Å². The van der Waals surface area contributed by atoms with Gasteiger partial charge in [-0.1, -0.05) is 12.1 Å². The highest BCUT2D eigenvalue weighted by atomic mass is 32.1. The lowest BCUT2D eigenvalue weighted by atomic mass is 10.2. The molecule has 2 aromatic rings. The summed E-state index contributed by atoms with van der Waals surface area (Å²) in [6.45, 7) is 4.67. The van der Waals surface area contributed by atoms with Crippen molar-refractivity contribution in [3.05, 3.63) is 29.3 Å². The number of carbonyl (C=O) groups excluding carboxylic acids is 1. The molecule has 1 N–H and O–H groups in total. The minimum atomic E-state index is -0.196. The van der Waals surface area contributed by atoms with E-state index in [1.54, 1.807) is 16.2 Å². The van der Waals surface area contributed by atoms with E-state index in [0.717, 1.165) is 43.0 Å². The Labute approximate surface area is 134 Å². The van der Waals surface area contributed by atoms with Crippen LogP contribution in [0.2, 0.25) is 0 Å². The SMILES string of the molecule is CCOC(=O)N1CCC(NCCc2nc3ccccc3s2)C1. The van der Waals surface area contributed by atoms with Crippen LogP contribution >= 0.6 is 11.3 Å². The molecule has 1 saturated heterocycles. The van der Waals surface area contributed by atoms with Crippen LogP contribution in [-0.4, -0.2) is 48.3 Å². The number of carbonyl (C=O) groups is 1. The van der Waals surface area contributed by atoms with Gasteiger partial charge < -0.3 is 15.0 Å². The molecule has 118 valence electrons. The third-order valence-electron chi connectivity index (χ3n) is 3.82. The number of benzene rings is 1. The summed E-state index contributed by atoms with van der Waals surface area (Å²) < 4.78 is 6.27. The molecule has 0 spiro atoms. The van der Waals surface area contributed by atoms with Crippen molar-refractivity contribution in [3.8, 4) is 0 Å². The van der Waals surface area contributed by atoms with Crippen LogP contribution in [0.25, 0.3) is 10.2 Å². The Kier molecular flexibility index (Phi) is 4.90. The third-order valence-corrected chi connectivity index (χ3v) is 4.92. The van der Waals surface area contributed by atoms with Crippen molar-refractivity contribution in [1.82, 2.24) is 15.2 Å². The Morgan fingerprint density at radius 2 is 2.36 bits per heavy atom. The Bertz CT molecular complexity index is 610. The zero-order valence-electron chi connectivity index (χ0n) is 12.7. The van der Waals surface area contributed by atoms with Gasteiger partial charge in [-0.2, -0.15) is 0 Å². The normalized spacial score (nSPS) is 18.0. The van der Waals surface area contributed by atoms with E-state index in [-0.39, 0.29) is 6.09 Å². The van der Waals surface area contributed by atoms with Crippen molar-refractivity contribution in [3.63, 3.8) is 0 Å². The Morgan fingerprint density at radius 1 is 1.50 bits per heavy atom. The monoisotopic (exact) mass is 319 g/mol. The second-order valence-electron chi connectivity index (χ2n) is 5.41. The highest BCUT2D eigenvalue weighted by Crippen LogP contribution is 2.21. The van der Waals surface area contributed by atoms with Crippen LogP contribution in [0.4, 0.5) is 4.79 Å². The van der Waals surface area contributed by atoms with E-state index in [2.05, 4.69) is 22.4 Å². The van der Waals surface area contributed by atoms with Crippen molar-refractivity contribution in [2.45, 2.75) is 25.8 Å². The van der Waals surface area contributed by atoms with Crippen LogP contribution in [0, 0.1) is 0 Å². The standard InChI is InChI=1S/C16H21N3O2S/c1-2-21-16(20)19-10-8-12(11-19)17-9-7-15-18-13-5-3-4-6-14(13)22-15/h3-6,12,17H,2,7-11H2,1H3. The van der Waals surface area contributed by atoms with Gasteiger partial charge in [0.1, 0.15) is 0 Å². The van der Waals surface area contributed by atoms with Crippen molar-refractivity contribution >= 4 is 27.6 Å². The number of fused-ring (bicyclic) bond motifs is 1. The first-order chi connectivity index (χ1) is 10.8. The molecule has 1 fully saturated rings. The van der Waals surface area contributed by atoms with E-state index in [0.29, 0.717) is 12.6 Å². The Morgan fingerprint density at radius 3 is 3.18 bits per heavy atom. The second-order valence-corrected chi connectivity index (χ2v) is 6.53. The molecule has 1 aliphatic heterocycles. The molecule has 6 heteroatoms. The first-order valence-corrected chi connectivity index (χ1v) is 8.57. The summed E-state index contributed by atoms with van der Waals surface area (Å²) in [6, 6.07) is 8.59. The Balaban J connectivity index is 1.44. The fourth-order valence-corrected chi connectivity index (χ4v) is 3.68. The number of nitrogens with one attached hydrogen (secondary N) is 1. The van der Waals surface area contributed by atoms with E-state index in [4.69, 9.17) is 4.74 Å².